The van der Waals surface area contributed by atoms with Crippen molar-refractivity contribution in [3.8, 4) is 5.75 Å². The second kappa shape index (κ2) is 8.07. The quantitative estimate of drug-likeness (QED) is 0.560. The van der Waals surface area contributed by atoms with Crippen LogP contribution in [0.1, 0.15) is 31.9 Å². The third-order valence-corrected chi connectivity index (χ3v) is 5.73. The molecule has 0 spiro atoms. The third-order valence-electron chi connectivity index (χ3n) is 4.86. The van der Waals surface area contributed by atoms with Gasteiger partial charge >= 0.3 is 0 Å². The lowest BCUT2D eigenvalue weighted by molar-refractivity contribution is -0.143. The molecule has 7 heteroatoms. The zero-order chi connectivity index (χ0) is 22.2. The van der Waals surface area contributed by atoms with E-state index in [1.807, 2.05) is 48.5 Å². The van der Waals surface area contributed by atoms with E-state index in [4.69, 9.17) is 4.74 Å². The van der Waals surface area contributed by atoms with Crippen molar-refractivity contribution in [2.75, 3.05) is 0 Å². The molecule has 1 aliphatic heterocycles. The number of amides is 3. The first kappa shape index (κ1) is 20.9. The number of ether oxygens (including phenoxy) is 1. The maximum Gasteiger partial charge on any atom is 0.300 e. The Morgan fingerprint density at radius 2 is 1.87 bits per heavy atom. The zero-order valence-electron chi connectivity index (χ0n) is 17.5. The molecule has 31 heavy (non-hydrogen) atoms. The van der Waals surface area contributed by atoms with Crippen molar-refractivity contribution in [3.63, 3.8) is 0 Å². The lowest BCUT2D eigenvalue weighted by Gasteiger charge is -2.21. The average Bonchev–Trinajstić information content (AvgIpc) is 3.26. The van der Waals surface area contributed by atoms with Crippen LogP contribution < -0.4 is 4.74 Å². The molecule has 1 fully saturated rings. The number of benzene rings is 2. The van der Waals surface area contributed by atoms with Crippen molar-refractivity contribution >= 4 is 45.8 Å². The van der Waals surface area contributed by atoms with Crippen LogP contribution in [0.4, 0.5) is 4.79 Å². The third kappa shape index (κ3) is 4.27. The monoisotopic (exact) mass is 434 g/mol. The number of hydrogen-bond acceptors (Lipinski definition) is 5. The van der Waals surface area contributed by atoms with Crippen LogP contribution in [0.15, 0.2) is 59.6 Å². The zero-order valence-corrected chi connectivity index (χ0v) is 18.3. The Bertz CT molecular complexity index is 1210. The summed E-state index contributed by atoms with van der Waals surface area (Å²) in [6, 6.07) is 15.5. The molecule has 2 heterocycles. The van der Waals surface area contributed by atoms with E-state index in [1.165, 1.54) is 0 Å². The molecular formula is C24H22N2O4S. The summed E-state index contributed by atoms with van der Waals surface area (Å²) in [5, 5.41) is 0.294. The molecule has 1 aliphatic rings. The van der Waals surface area contributed by atoms with E-state index in [1.54, 1.807) is 33.0 Å². The van der Waals surface area contributed by atoms with Crippen LogP contribution in [-0.4, -0.2) is 26.9 Å². The number of thioether (sulfide) groups is 1. The highest BCUT2D eigenvalue weighted by Gasteiger charge is 2.43. The number of fused-ring (bicyclic) bond motifs is 1. The van der Waals surface area contributed by atoms with E-state index < -0.39 is 22.5 Å². The molecule has 0 bridgehead atoms. The molecule has 1 saturated heterocycles. The van der Waals surface area contributed by atoms with E-state index in [0.29, 0.717) is 12.4 Å². The summed E-state index contributed by atoms with van der Waals surface area (Å²) >= 11 is 0.777. The van der Waals surface area contributed by atoms with Crippen molar-refractivity contribution in [1.82, 2.24) is 9.88 Å². The molecule has 0 atom stereocenters. The van der Waals surface area contributed by atoms with Crippen LogP contribution in [0, 0.1) is 5.41 Å². The number of imide groups is 3. The summed E-state index contributed by atoms with van der Waals surface area (Å²) < 4.78 is 5.90. The van der Waals surface area contributed by atoms with Gasteiger partial charge in [0.1, 0.15) is 12.4 Å². The summed E-state index contributed by atoms with van der Waals surface area (Å²) in [6.45, 7) is 5.48. The van der Waals surface area contributed by atoms with Crippen molar-refractivity contribution in [3.05, 3.63) is 70.8 Å². The van der Waals surface area contributed by atoms with Gasteiger partial charge in [0.05, 0.1) is 4.91 Å². The number of rotatable bonds is 4. The predicted octanol–water partition coefficient (Wildman–Crippen LogP) is 5.36. The summed E-state index contributed by atoms with van der Waals surface area (Å²) in [4.78, 5) is 41.7. The molecule has 0 unspecified atom stereocenters. The maximum atomic E-state index is 12.8. The second-order valence-corrected chi connectivity index (χ2v) is 9.29. The van der Waals surface area contributed by atoms with Gasteiger partial charge in [-0.3, -0.25) is 14.4 Å². The largest absolute Gasteiger partial charge is 0.489 e. The molecule has 2 aromatic carbocycles. The lowest BCUT2D eigenvalue weighted by atomic mass is 9.95. The van der Waals surface area contributed by atoms with Gasteiger partial charge in [0.15, 0.2) is 0 Å². The molecule has 0 radical (unpaired) electrons. The highest BCUT2D eigenvalue weighted by atomic mass is 32.2. The highest BCUT2D eigenvalue weighted by Crippen LogP contribution is 2.36. The maximum absolute atomic E-state index is 12.8. The number of carbonyl (C=O) groups is 3. The number of nitrogens with zero attached hydrogens (tertiary/aromatic N) is 1. The Morgan fingerprint density at radius 3 is 2.58 bits per heavy atom. The molecule has 0 saturated carbocycles. The minimum Gasteiger partial charge on any atom is -0.489 e. The average molecular weight is 435 g/mol. The Morgan fingerprint density at radius 1 is 1.13 bits per heavy atom. The lowest BCUT2D eigenvalue weighted by Crippen LogP contribution is -2.42. The molecule has 1 aromatic heterocycles. The standard InChI is InChI=1S/C24H22N2O4S/c1-24(2,3)22(28)26-21(27)20(31-23(26)29)11-16-13-25-19-10-9-17(12-18(16)19)30-14-15-7-5-4-6-8-15/h4-13,25H,14H2,1-3H3. The van der Waals surface area contributed by atoms with Crippen LogP contribution >= 0.6 is 11.8 Å². The van der Waals surface area contributed by atoms with Gasteiger partial charge in [0.25, 0.3) is 11.1 Å². The Labute approximate surface area is 184 Å². The predicted molar refractivity (Wildman–Crippen MR) is 121 cm³/mol. The van der Waals surface area contributed by atoms with Crippen LogP contribution in [0.2, 0.25) is 0 Å². The molecule has 158 valence electrons. The van der Waals surface area contributed by atoms with E-state index in [0.717, 1.165) is 38.7 Å². The van der Waals surface area contributed by atoms with E-state index in [2.05, 4.69) is 4.98 Å². The fourth-order valence-corrected chi connectivity index (χ4v) is 4.00. The number of aromatic nitrogens is 1. The van der Waals surface area contributed by atoms with Crippen LogP contribution in [0.25, 0.3) is 17.0 Å². The first-order valence-corrected chi connectivity index (χ1v) is 10.7. The first-order valence-electron chi connectivity index (χ1n) is 9.84. The number of carbonyl (C=O) groups excluding carboxylic acids is 3. The molecule has 1 N–H and O–H groups in total. The number of H-pyrrole nitrogens is 1. The van der Waals surface area contributed by atoms with Crippen molar-refractivity contribution in [2.45, 2.75) is 27.4 Å². The first-order chi connectivity index (χ1) is 14.7. The van der Waals surface area contributed by atoms with Crippen molar-refractivity contribution in [1.29, 1.82) is 0 Å². The summed E-state index contributed by atoms with van der Waals surface area (Å²) in [5.41, 5.74) is 1.86. The number of aromatic amines is 1. The Kier molecular flexibility index (Phi) is 5.45. The fraction of sp³-hybridized carbons (Fsp3) is 0.208. The minimum absolute atomic E-state index is 0.221. The molecular weight excluding hydrogens is 412 g/mol. The van der Waals surface area contributed by atoms with Gasteiger partial charge in [0, 0.05) is 28.1 Å². The smallest absolute Gasteiger partial charge is 0.300 e. The summed E-state index contributed by atoms with van der Waals surface area (Å²) in [6.07, 6.45) is 3.41. The highest BCUT2D eigenvalue weighted by molar-refractivity contribution is 8.18. The van der Waals surface area contributed by atoms with Crippen LogP contribution in [0.3, 0.4) is 0 Å². The van der Waals surface area contributed by atoms with Crippen molar-refractivity contribution < 1.29 is 19.1 Å². The molecule has 3 aromatic rings. The van der Waals surface area contributed by atoms with Gasteiger partial charge in [-0.1, -0.05) is 51.1 Å². The molecule has 0 aliphatic carbocycles. The SMILES string of the molecule is CC(C)(C)C(=O)N1C(=O)SC(=Cc2c[nH]c3ccc(OCc4ccccc4)cc23)C1=O. The Hall–Kier alpha value is -3.32. The van der Waals surface area contributed by atoms with Gasteiger partial charge in [-0.15, -0.1) is 0 Å². The van der Waals surface area contributed by atoms with E-state index in [9.17, 15) is 14.4 Å². The summed E-state index contributed by atoms with van der Waals surface area (Å²) in [7, 11) is 0. The fourth-order valence-electron chi connectivity index (χ4n) is 3.19. The van der Waals surface area contributed by atoms with Gasteiger partial charge in [-0.2, -0.15) is 0 Å². The van der Waals surface area contributed by atoms with Crippen LogP contribution in [0.5, 0.6) is 5.75 Å². The Balaban J connectivity index is 1.59. The van der Waals surface area contributed by atoms with E-state index in [-0.39, 0.29) is 4.91 Å². The molecule has 6 nitrogen and oxygen atoms in total. The number of nitrogens with one attached hydrogen (secondary N) is 1. The topological polar surface area (TPSA) is 79.5 Å². The van der Waals surface area contributed by atoms with Gasteiger partial charge in [-0.05, 0) is 41.6 Å². The van der Waals surface area contributed by atoms with Crippen molar-refractivity contribution in [2.24, 2.45) is 5.41 Å². The van der Waals surface area contributed by atoms with Gasteiger partial charge in [-0.25, -0.2) is 4.90 Å². The number of hydrogen-bond donors (Lipinski definition) is 1. The molecule has 3 amide bonds. The van der Waals surface area contributed by atoms with Gasteiger partial charge in [0.2, 0.25) is 5.91 Å². The van der Waals surface area contributed by atoms with Crippen LogP contribution in [-0.2, 0) is 16.2 Å². The molecule has 4 rings (SSSR count). The minimum atomic E-state index is -0.826. The second-order valence-electron chi connectivity index (χ2n) is 8.30. The van der Waals surface area contributed by atoms with Gasteiger partial charge < -0.3 is 9.72 Å². The normalized spacial score (nSPS) is 15.8. The van der Waals surface area contributed by atoms with E-state index >= 15 is 0 Å². The summed E-state index contributed by atoms with van der Waals surface area (Å²) in [5.74, 6) is -0.392.